The standard InChI is InChI=1S/C30H24FNO4S2/c1-35-26-17-20(18-28-29(33)32(30(34)38-28)19-22-8-3-5-11-24(22)31)13-14-25(26)36-15-16-37-27-12-6-9-21-7-2-4-10-23(21)27/h2-14,17-18H,15-16,19H2,1H3/b28-18-. The molecule has 0 atom stereocenters. The number of rotatable bonds is 9. The monoisotopic (exact) mass is 545 g/mol. The molecule has 0 unspecified atom stereocenters. The van der Waals surface area contributed by atoms with Crippen molar-refractivity contribution in [1.82, 2.24) is 4.90 Å². The number of hydrogen-bond acceptors (Lipinski definition) is 6. The predicted molar refractivity (Wildman–Crippen MR) is 151 cm³/mol. The molecule has 5 rings (SSSR count). The Bertz CT molecular complexity index is 1530. The first-order valence-corrected chi connectivity index (χ1v) is 13.7. The summed E-state index contributed by atoms with van der Waals surface area (Å²) in [6.45, 7) is 0.375. The van der Waals surface area contributed by atoms with Crippen LogP contribution in [0.1, 0.15) is 11.1 Å². The van der Waals surface area contributed by atoms with Gasteiger partial charge in [0.1, 0.15) is 5.82 Å². The van der Waals surface area contributed by atoms with E-state index in [4.69, 9.17) is 9.47 Å². The summed E-state index contributed by atoms with van der Waals surface area (Å²) in [6.07, 6.45) is 1.63. The maximum Gasteiger partial charge on any atom is 0.293 e. The Kier molecular flexibility index (Phi) is 8.00. The number of hydrogen-bond donors (Lipinski definition) is 0. The van der Waals surface area contributed by atoms with Crippen LogP contribution in [0.3, 0.4) is 0 Å². The average Bonchev–Trinajstić information content (AvgIpc) is 3.20. The van der Waals surface area contributed by atoms with Gasteiger partial charge < -0.3 is 9.47 Å². The van der Waals surface area contributed by atoms with Gasteiger partial charge in [-0.2, -0.15) is 0 Å². The molecule has 0 radical (unpaired) electrons. The molecule has 1 saturated heterocycles. The quantitative estimate of drug-likeness (QED) is 0.124. The lowest BCUT2D eigenvalue weighted by atomic mass is 10.1. The number of carbonyl (C=O) groups excluding carboxylic acids is 2. The van der Waals surface area contributed by atoms with Crippen LogP contribution in [0.2, 0.25) is 0 Å². The fourth-order valence-corrected chi connectivity index (χ4v) is 5.84. The number of ether oxygens (including phenoxy) is 2. The first-order chi connectivity index (χ1) is 18.5. The molecule has 0 bridgehead atoms. The number of imide groups is 1. The molecule has 5 nitrogen and oxygen atoms in total. The number of amides is 2. The molecule has 1 aliphatic heterocycles. The predicted octanol–water partition coefficient (Wildman–Crippen LogP) is 7.40. The van der Waals surface area contributed by atoms with Crippen LogP contribution >= 0.6 is 23.5 Å². The first kappa shape index (κ1) is 25.9. The van der Waals surface area contributed by atoms with Crippen molar-refractivity contribution in [3.8, 4) is 11.5 Å². The van der Waals surface area contributed by atoms with Crippen molar-refractivity contribution in [3.05, 3.63) is 107 Å². The van der Waals surface area contributed by atoms with E-state index in [1.165, 1.54) is 21.7 Å². The lowest BCUT2D eigenvalue weighted by molar-refractivity contribution is -0.123. The van der Waals surface area contributed by atoms with E-state index in [-0.39, 0.29) is 17.0 Å². The molecule has 0 N–H and O–H groups in total. The highest BCUT2D eigenvalue weighted by Crippen LogP contribution is 2.36. The van der Waals surface area contributed by atoms with Crippen LogP contribution in [0, 0.1) is 5.82 Å². The Morgan fingerprint density at radius 3 is 2.58 bits per heavy atom. The number of methoxy groups -OCH3 is 1. The topological polar surface area (TPSA) is 55.8 Å². The first-order valence-electron chi connectivity index (χ1n) is 11.9. The van der Waals surface area contributed by atoms with Crippen LogP contribution in [0.5, 0.6) is 11.5 Å². The Morgan fingerprint density at radius 2 is 1.74 bits per heavy atom. The van der Waals surface area contributed by atoms with E-state index in [1.54, 1.807) is 61.3 Å². The molecule has 1 fully saturated rings. The number of carbonyl (C=O) groups is 2. The van der Waals surface area contributed by atoms with Crippen LogP contribution < -0.4 is 9.47 Å². The molecule has 2 amide bonds. The van der Waals surface area contributed by atoms with Crippen molar-refractivity contribution in [3.63, 3.8) is 0 Å². The van der Waals surface area contributed by atoms with E-state index in [2.05, 4.69) is 30.3 Å². The van der Waals surface area contributed by atoms with E-state index < -0.39 is 17.0 Å². The van der Waals surface area contributed by atoms with Gasteiger partial charge in [0.25, 0.3) is 11.1 Å². The number of fused-ring (bicyclic) bond motifs is 1. The molecule has 0 spiro atoms. The number of thioether (sulfide) groups is 2. The zero-order valence-electron chi connectivity index (χ0n) is 20.6. The third kappa shape index (κ3) is 5.71. The summed E-state index contributed by atoms with van der Waals surface area (Å²) in [7, 11) is 1.55. The molecule has 192 valence electrons. The summed E-state index contributed by atoms with van der Waals surface area (Å²) >= 11 is 2.57. The van der Waals surface area contributed by atoms with Gasteiger partial charge in [-0.3, -0.25) is 14.5 Å². The van der Waals surface area contributed by atoms with Crippen LogP contribution in [0.25, 0.3) is 16.8 Å². The second kappa shape index (κ2) is 11.8. The Labute approximate surface area is 228 Å². The van der Waals surface area contributed by atoms with Crippen LogP contribution in [-0.4, -0.2) is 35.5 Å². The molecular weight excluding hydrogens is 521 g/mol. The van der Waals surface area contributed by atoms with Crippen LogP contribution in [0.4, 0.5) is 9.18 Å². The average molecular weight is 546 g/mol. The lowest BCUT2D eigenvalue weighted by Gasteiger charge is -2.13. The third-order valence-corrected chi connectivity index (χ3v) is 7.94. The van der Waals surface area contributed by atoms with Gasteiger partial charge >= 0.3 is 0 Å². The normalized spacial score (nSPS) is 14.5. The molecule has 0 aromatic heterocycles. The van der Waals surface area contributed by atoms with E-state index in [0.29, 0.717) is 23.7 Å². The third-order valence-electron chi connectivity index (χ3n) is 5.99. The highest BCUT2D eigenvalue weighted by molar-refractivity contribution is 8.18. The molecule has 4 aromatic rings. The van der Waals surface area contributed by atoms with Gasteiger partial charge in [0.2, 0.25) is 0 Å². The van der Waals surface area contributed by atoms with Gasteiger partial charge in [-0.1, -0.05) is 60.7 Å². The van der Waals surface area contributed by atoms with Crippen molar-refractivity contribution in [2.75, 3.05) is 19.5 Å². The smallest absolute Gasteiger partial charge is 0.293 e. The highest BCUT2D eigenvalue weighted by Gasteiger charge is 2.35. The van der Waals surface area contributed by atoms with Gasteiger partial charge in [-0.15, -0.1) is 11.8 Å². The van der Waals surface area contributed by atoms with Crippen molar-refractivity contribution >= 4 is 51.5 Å². The van der Waals surface area contributed by atoms with Gasteiger partial charge in [-0.25, -0.2) is 4.39 Å². The second-order valence-electron chi connectivity index (χ2n) is 8.44. The second-order valence-corrected chi connectivity index (χ2v) is 10.6. The number of halogens is 1. The fourth-order valence-electron chi connectivity index (χ4n) is 4.10. The molecular formula is C30H24FNO4S2. The summed E-state index contributed by atoms with van der Waals surface area (Å²) in [4.78, 5) is 27.9. The van der Waals surface area contributed by atoms with Crippen molar-refractivity contribution in [2.24, 2.45) is 0 Å². The largest absolute Gasteiger partial charge is 0.493 e. The van der Waals surface area contributed by atoms with E-state index >= 15 is 0 Å². The van der Waals surface area contributed by atoms with E-state index in [1.807, 2.05) is 12.1 Å². The van der Waals surface area contributed by atoms with Gasteiger partial charge in [0, 0.05) is 16.2 Å². The van der Waals surface area contributed by atoms with Crippen molar-refractivity contribution < 1.29 is 23.5 Å². The molecule has 38 heavy (non-hydrogen) atoms. The van der Waals surface area contributed by atoms with Crippen molar-refractivity contribution in [1.29, 1.82) is 0 Å². The molecule has 8 heteroatoms. The zero-order valence-corrected chi connectivity index (χ0v) is 22.2. The molecule has 1 heterocycles. The molecule has 4 aromatic carbocycles. The summed E-state index contributed by atoms with van der Waals surface area (Å²) in [5.74, 6) is 0.975. The van der Waals surface area contributed by atoms with Gasteiger partial charge in [0.05, 0.1) is 25.2 Å². The summed E-state index contributed by atoms with van der Waals surface area (Å²) in [5.41, 5.74) is 0.980. The SMILES string of the molecule is COc1cc(/C=C2\SC(=O)N(Cc3ccccc3F)C2=O)ccc1OCCSc1cccc2ccccc12. The van der Waals surface area contributed by atoms with E-state index in [0.717, 1.165) is 22.4 Å². The Balaban J connectivity index is 1.23. The Hall–Kier alpha value is -3.75. The molecule has 1 aliphatic rings. The van der Waals surface area contributed by atoms with Crippen LogP contribution in [-0.2, 0) is 11.3 Å². The fraction of sp³-hybridized carbons (Fsp3) is 0.133. The zero-order chi connectivity index (χ0) is 26.5. The maximum atomic E-state index is 14.0. The lowest BCUT2D eigenvalue weighted by Crippen LogP contribution is -2.27. The van der Waals surface area contributed by atoms with Gasteiger partial charge in [-0.05, 0) is 58.4 Å². The minimum absolute atomic E-state index is 0.110. The van der Waals surface area contributed by atoms with Crippen LogP contribution in [0.15, 0.2) is 94.7 Å². The maximum absolute atomic E-state index is 14.0. The summed E-state index contributed by atoms with van der Waals surface area (Å²) in [6, 6.07) is 26.0. The number of benzene rings is 4. The summed E-state index contributed by atoms with van der Waals surface area (Å²) in [5, 5.41) is 2.00. The molecule has 0 saturated carbocycles. The minimum atomic E-state index is -0.452. The summed E-state index contributed by atoms with van der Waals surface area (Å²) < 4.78 is 25.5. The minimum Gasteiger partial charge on any atom is -0.493 e. The Morgan fingerprint density at radius 1 is 0.947 bits per heavy atom. The van der Waals surface area contributed by atoms with E-state index in [9.17, 15) is 14.0 Å². The van der Waals surface area contributed by atoms with Gasteiger partial charge in [0.15, 0.2) is 11.5 Å². The van der Waals surface area contributed by atoms with Crippen molar-refractivity contribution in [2.45, 2.75) is 11.4 Å². The highest BCUT2D eigenvalue weighted by atomic mass is 32.2. The molecule has 0 aliphatic carbocycles. The number of nitrogens with zero attached hydrogens (tertiary/aromatic N) is 1.